The summed E-state index contributed by atoms with van der Waals surface area (Å²) < 4.78 is 0. The largest absolute Gasteiger partial charge is 0.353 e. The average molecular weight is 254 g/mol. The third kappa shape index (κ3) is 1.99. The van der Waals surface area contributed by atoms with Crippen molar-refractivity contribution >= 4 is 16.8 Å². The van der Waals surface area contributed by atoms with E-state index >= 15 is 0 Å². The maximum Gasteiger partial charge on any atom is 0.255 e. The highest BCUT2D eigenvalue weighted by molar-refractivity contribution is 6.00. The van der Waals surface area contributed by atoms with Crippen molar-refractivity contribution in [3.05, 3.63) is 42.1 Å². The number of nitrogens with zero attached hydrogens (tertiary/aromatic N) is 1. The van der Waals surface area contributed by atoms with Gasteiger partial charge in [-0.15, -0.1) is 0 Å². The summed E-state index contributed by atoms with van der Waals surface area (Å²) in [7, 11) is 0. The third-order valence-electron chi connectivity index (χ3n) is 3.02. The third-order valence-corrected chi connectivity index (χ3v) is 3.02. The molecule has 0 aliphatic rings. The molecule has 0 spiro atoms. The zero-order valence-electron chi connectivity index (χ0n) is 10.5. The van der Waals surface area contributed by atoms with Gasteiger partial charge >= 0.3 is 0 Å². The minimum absolute atomic E-state index is 0.120. The highest BCUT2D eigenvalue weighted by Crippen LogP contribution is 2.24. The van der Waals surface area contributed by atoms with Crippen LogP contribution >= 0.6 is 0 Å². The second kappa shape index (κ2) is 4.61. The molecule has 0 aliphatic carbocycles. The Balaban J connectivity index is 2.07. The summed E-state index contributed by atoms with van der Waals surface area (Å²) in [5.74, 6) is -0.120. The van der Waals surface area contributed by atoms with E-state index in [1.165, 1.54) is 0 Å². The van der Waals surface area contributed by atoms with Gasteiger partial charge in [-0.25, -0.2) is 0 Å². The van der Waals surface area contributed by atoms with E-state index in [4.69, 9.17) is 0 Å². The van der Waals surface area contributed by atoms with E-state index in [1.807, 2.05) is 37.3 Å². The van der Waals surface area contributed by atoms with Gasteiger partial charge in [0.1, 0.15) is 0 Å². The number of para-hydroxylation sites is 1. The first-order chi connectivity index (χ1) is 9.29. The summed E-state index contributed by atoms with van der Waals surface area (Å²) >= 11 is 0. The molecule has 0 bridgehead atoms. The molecular weight excluding hydrogens is 240 g/mol. The molecule has 0 atom stereocenters. The molecule has 0 radical (unpaired) electrons. The summed E-state index contributed by atoms with van der Waals surface area (Å²) in [6.07, 6.45) is 1.55. The van der Waals surface area contributed by atoms with Crippen LogP contribution < -0.4 is 5.32 Å². The Bertz CT molecular complexity index is 693. The normalized spacial score (nSPS) is 10.8. The Morgan fingerprint density at radius 1 is 1.37 bits per heavy atom. The quantitative estimate of drug-likeness (QED) is 0.671. The fraction of sp³-hybridized carbons (Fsp3) is 0.143. The first-order valence-corrected chi connectivity index (χ1v) is 6.19. The van der Waals surface area contributed by atoms with Gasteiger partial charge in [-0.2, -0.15) is 5.10 Å². The van der Waals surface area contributed by atoms with Gasteiger partial charge in [-0.1, -0.05) is 18.2 Å². The van der Waals surface area contributed by atoms with Crippen LogP contribution in [0.15, 0.2) is 36.5 Å². The van der Waals surface area contributed by atoms with E-state index in [2.05, 4.69) is 20.5 Å². The molecule has 3 N–H and O–H groups in total. The van der Waals surface area contributed by atoms with E-state index in [1.54, 1.807) is 6.20 Å². The molecule has 3 aromatic rings. The van der Waals surface area contributed by atoms with Crippen molar-refractivity contribution < 1.29 is 4.79 Å². The van der Waals surface area contributed by atoms with Crippen molar-refractivity contribution in [3.63, 3.8) is 0 Å². The Hall–Kier alpha value is -2.56. The highest BCUT2D eigenvalue weighted by Gasteiger charge is 2.15. The number of fused-ring (bicyclic) bond motifs is 1. The Morgan fingerprint density at radius 2 is 2.21 bits per heavy atom. The molecule has 96 valence electrons. The first kappa shape index (κ1) is 11.5. The van der Waals surface area contributed by atoms with Crippen LogP contribution in [-0.4, -0.2) is 27.6 Å². The van der Waals surface area contributed by atoms with E-state index < -0.39 is 0 Å². The number of carbonyl (C=O) groups excluding carboxylic acids is 1. The number of benzene rings is 1. The van der Waals surface area contributed by atoms with Crippen LogP contribution in [0, 0.1) is 0 Å². The number of rotatable bonds is 3. The van der Waals surface area contributed by atoms with E-state index in [-0.39, 0.29) is 5.91 Å². The highest BCUT2D eigenvalue weighted by atomic mass is 16.1. The standard InChI is InChI=1S/C14H14N4O/c1-2-15-14(19)10-8-16-18-13(10)12-7-9-5-3-4-6-11(9)17-12/h3-8,17H,2H2,1H3,(H,15,19)(H,16,18). The summed E-state index contributed by atoms with van der Waals surface area (Å²) in [5, 5.41) is 10.7. The van der Waals surface area contributed by atoms with Gasteiger partial charge in [-0.3, -0.25) is 9.89 Å². The van der Waals surface area contributed by atoms with Crippen molar-refractivity contribution in [3.8, 4) is 11.4 Å². The molecule has 5 heteroatoms. The number of hydrogen-bond acceptors (Lipinski definition) is 2. The molecule has 2 heterocycles. The van der Waals surface area contributed by atoms with E-state index in [0.717, 1.165) is 16.6 Å². The number of hydrogen-bond donors (Lipinski definition) is 3. The van der Waals surface area contributed by atoms with Crippen LogP contribution in [0.1, 0.15) is 17.3 Å². The van der Waals surface area contributed by atoms with Crippen molar-refractivity contribution in [2.24, 2.45) is 0 Å². The summed E-state index contributed by atoms with van der Waals surface area (Å²) in [5.41, 5.74) is 3.16. The SMILES string of the molecule is CCNC(=O)c1cn[nH]c1-c1cc2ccccc2[nH]1. The zero-order valence-corrected chi connectivity index (χ0v) is 10.5. The van der Waals surface area contributed by atoms with Gasteiger partial charge in [0.05, 0.1) is 23.1 Å². The fourth-order valence-electron chi connectivity index (χ4n) is 2.13. The molecule has 0 saturated heterocycles. The molecule has 19 heavy (non-hydrogen) atoms. The minimum atomic E-state index is -0.120. The minimum Gasteiger partial charge on any atom is -0.353 e. The number of nitrogens with one attached hydrogen (secondary N) is 3. The van der Waals surface area contributed by atoms with Crippen LogP contribution in [0.5, 0.6) is 0 Å². The first-order valence-electron chi connectivity index (χ1n) is 6.19. The number of carbonyl (C=O) groups is 1. The maximum atomic E-state index is 11.9. The topological polar surface area (TPSA) is 73.6 Å². The van der Waals surface area contributed by atoms with Crippen LogP contribution in [0.25, 0.3) is 22.3 Å². The summed E-state index contributed by atoms with van der Waals surface area (Å²) in [6, 6.07) is 9.99. The van der Waals surface area contributed by atoms with Crippen molar-refractivity contribution in [1.29, 1.82) is 0 Å². The second-order valence-corrected chi connectivity index (χ2v) is 4.29. The van der Waals surface area contributed by atoms with Crippen LogP contribution in [0.2, 0.25) is 0 Å². The molecule has 1 amide bonds. The number of amides is 1. The van der Waals surface area contributed by atoms with Crippen molar-refractivity contribution in [2.45, 2.75) is 6.92 Å². The molecule has 2 aromatic heterocycles. The van der Waals surface area contributed by atoms with Gasteiger partial charge in [0, 0.05) is 17.4 Å². The maximum absolute atomic E-state index is 11.9. The van der Waals surface area contributed by atoms with E-state index in [0.29, 0.717) is 17.8 Å². The number of aromatic amines is 2. The van der Waals surface area contributed by atoms with Crippen LogP contribution in [0.4, 0.5) is 0 Å². The average Bonchev–Trinajstić information content (AvgIpc) is 3.05. The predicted octanol–water partition coefficient (Wildman–Crippen LogP) is 2.31. The van der Waals surface area contributed by atoms with Crippen molar-refractivity contribution in [1.82, 2.24) is 20.5 Å². The summed E-state index contributed by atoms with van der Waals surface area (Å²) in [6.45, 7) is 2.48. The molecular formula is C14H14N4O. The van der Waals surface area contributed by atoms with E-state index in [9.17, 15) is 4.79 Å². The molecule has 0 fully saturated rings. The zero-order chi connectivity index (χ0) is 13.2. The van der Waals surface area contributed by atoms with Gasteiger partial charge < -0.3 is 10.3 Å². The lowest BCUT2D eigenvalue weighted by molar-refractivity contribution is 0.0956. The Labute approximate surface area is 110 Å². The molecule has 0 aliphatic heterocycles. The van der Waals surface area contributed by atoms with Gasteiger partial charge in [0.2, 0.25) is 0 Å². The van der Waals surface area contributed by atoms with Gasteiger partial charge in [-0.05, 0) is 19.1 Å². The smallest absolute Gasteiger partial charge is 0.255 e. The fourth-order valence-corrected chi connectivity index (χ4v) is 2.13. The molecule has 5 nitrogen and oxygen atoms in total. The van der Waals surface area contributed by atoms with Crippen LogP contribution in [-0.2, 0) is 0 Å². The van der Waals surface area contributed by atoms with Crippen LogP contribution in [0.3, 0.4) is 0 Å². The number of H-pyrrole nitrogens is 2. The Morgan fingerprint density at radius 3 is 3.00 bits per heavy atom. The summed E-state index contributed by atoms with van der Waals surface area (Å²) in [4.78, 5) is 15.2. The molecule has 0 saturated carbocycles. The van der Waals surface area contributed by atoms with Gasteiger partial charge in [0.25, 0.3) is 5.91 Å². The molecule has 1 aromatic carbocycles. The lowest BCUT2D eigenvalue weighted by Crippen LogP contribution is -2.22. The lowest BCUT2D eigenvalue weighted by atomic mass is 10.2. The lowest BCUT2D eigenvalue weighted by Gasteiger charge is -2.01. The molecule has 0 unspecified atom stereocenters. The van der Waals surface area contributed by atoms with Gasteiger partial charge in [0.15, 0.2) is 0 Å². The Kier molecular flexibility index (Phi) is 2.79. The second-order valence-electron chi connectivity index (χ2n) is 4.29. The predicted molar refractivity (Wildman–Crippen MR) is 73.9 cm³/mol. The number of aromatic nitrogens is 3. The molecule has 3 rings (SSSR count). The monoisotopic (exact) mass is 254 g/mol. The van der Waals surface area contributed by atoms with Crippen molar-refractivity contribution in [2.75, 3.05) is 6.54 Å².